The predicted molar refractivity (Wildman–Crippen MR) is 67.2 cm³/mol. The van der Waals surface area contributed by atoms with E-state index in [2.05, 4.69) is 0 Å². The van der Waals surface area contributed by atoms with Crippen LogP contribution in [-0.4, -0.2) is 18.2 Å². The van der Waals surface area contributed by atoms with E-state index in [1.54, 1.807) is 13.2 Å². The van der Waals surface area contributed by atoms with E-state index in [4.69, 9.17) is 19.0 Å². The van der Waals surface area contributed by atoms with Crippen molar-refractivity contribution in [2.75, 3.05) is 7.11 Å². The lowest BCUT2D eigenvalue weighted by atomic mass is 10.2. The fraction of sp³-hybridized carbons (Fsp3) is 0.214. The highest BCUT2D eigenvalue weighted by atomic mass is 16.5. The van der Waals surface area contributed by atoms with E-state index in [1.807, 2.05) is 18.2 Å². The Balaban J connectivity index is 2.04. The van der Waals surface area contributed by atoms with Gasteiger partial charge < -0.3 is 19.0 Å². The van der Waals surface area contributed by atoms with Crippen molar-refractivity contribution in [1.82, 2.24) is 0 Å². The maximum atomic E-state index is 10.9. The van der Waals surface area contributed by atoms with Gasteiger partial charge in [0.1, 0.15) is 17.9 Å². The second kappa shape index (κ2) is 6.06. The van der Waals surface area contributed by atoms with Gasteiger partial charge >= 0.3 is 5.97 Å². The maximum absolute atomic E-state index is 10.9. The first-order valence-corrected chi connectivity index (χ1v) is 5.71. The van der Waals surface area contributed by atoms with Gasteiger partial charge in [-0.2, -0.15) is 0 Å². The van der Waals surface area contributed by atoms with Crippen LogP contribution in [0.2, 0.25) is 0 Å². The lowest BCUT2D eigenvalue weighted by Crippen LogP contribution is -2.02. The summed E-state index contributed by atoms with van der Waals surface area (Å²) in [6.45, 7) is 0.573. The summed E-state index contributed by atoms with van der Waals surface area (Å²) < 4.78 is 15.6. The third-order valence-electron chi connectivity index (χ3n) is 2.56. The summed E-state index contributed by atoms with van der Waals surface area (Å²) in [5.41, 5.74) is 1.10. The van der Waals surface area contributed by atoms with Crippen molar-refractivity contribution in [2.24, 2.45) is 0 Å². The summed E-state index contributed by atoms with van der Waals surface area (Å²) in [6.07, 6.45) is 1.34. The van der Waals surface area contributed by atoms with Gasteiger partial charge in [-0.3, -0.25) is 0 Å². The SMILES string of the molecule is COCc1cccc(OCc2occc2C(=O)O)c1. The molecule has 0 atom stereocenters. The van der Waals surface area contributed by atoms with Crippen molar-refractivity contribution in [1.29, 1.82) is 0 Å². The van der Waals surface area contributed by atoms with E-state index in [1.165, 1.54) is 12.3 Å². The Hall–Kier alpha value is -2.27. The molecule has 2 rings (SSSR count). The van der Waals surface area contributed by atoms with Gasteiger partial charge in [0, 0.05) is 7.11 Å². The van der Waals surface area contributed by atoms with Crippen LogP contribution < -0.4 is 4.74 Å². The van der Waals surface area contributed by atoms with E-state index < -0.39 is 5.97 Å². The van der Waals surface area contributed by atoms with E-state index >= 15 is 0 Å². The minimum Gasteiger partial charge on any atom is -0.486 e. The number of hydrogen-bond acceptors (Lipinski definition) is 4. The van der Waals surface area contributed by atoms with E-state index in [0.717, 1.165) is 5.56 Å². The number of ether oxygens (including phenoxy) is 2. The molecule has 0 unspecified atom stereocenters. The highest BCUT2D eigenvalue weighted by molar-refractivity contribution is 5.88. The summed E-state index contributed by atoms with van der Waals surface area (Å²) in [5, 5.41) is 8.93. The molecule has 19 heavy (non-hydrogen) atoms. The molecule has 0 aliphatic rings. The zero-order chi connectivity index (χ0) is 13.7. The Morgan fingerprint density at radius 2 is 2.16 bits per heavy atom. The molecule has 0 radical (unpaired) electrons. The van der Waals surface area contributed by atoms with Gasteiger partial charge in [-0.15, -0.1) is 0 Å². The van der Waals surface area contributed by atoms with Crippen molar-refractivity contribution in [3.05, 3.63) is 53.5 Å². The monoisotopic (exact) mass is 262 g/mol. The molecule has 1 aromatic carbocycles. The molecular formula is C14H14O5. The molecule has 0 fully saturated rings. The summed E-state index contributed by atoms with van der Waals surface area (Å²) in [4.78, 5) is 10.9. The Kier molecular flexibility index (Phi) is 4.20. The van der Waals surface area contributed by atoms with Crippen LogP contribution in [0.25, 0.3) is 0 Å². The highest BCUT2D eigenvalue weighted by Gasteiger charge is 2.13. The molecular weight excluding hydrogens is 248 g/mol. The van der Waals surface area contributed by atoms with Gasteiger partial charge in [-0.25, -0.2) is 4.79 Å². The minimum atomic E-state index is -1.03. The lowest BCUT2D eigenvalue weighted by Gasteiger charge is -2.07. The van der Waals surface area contributed by atoms with Crippen molar-refractivity contribution in [3.8, 4) is 5.75 Å². The summed E-state index contributed by atoms with van der Waals surface area (Å²) in [5.74, 6) is -0.0904. The Morgan fingerprint density at radius 1 is 1.32 bits per heavy atom. The number of carboxylic acid groups (broad SMARTS) is 1. The van der Waals surface area contributed by atoms with Gasteiger partial charge in [-0.1, -0.05) is 12.1 Å². The van der Waals surface area contributed by atoms with E-state index in [-0.39, 0.29) is 12.2 Å². The van der Waals surface area contributed by atoms with Crippen LogP contribution in [0.1, 0.15) is 21.7 Å². The second-order valence-corrected chi connectivity index (χ2v) is 3.93. The number of carboxylic acids is 1. The number of furan rings is 1. The molecule has 5 heteroatoms. The molecule has 1 aromatic heterocycles. The summed E-state index contributed by atoms with van der Waals surface area (Å²) in [7, 11) is 1.62. The maximum Gasteiger partial charge on any atom is 0.339 e. The predicted octanol–water partition coefficient (Wildman–Crippen LogP) is 2.70. The van der Waals surface area contributed by atoms with Gasteiger partial charge in [0.15, 0.2) is 5.76 Å². The zero-order valence-electron chi connectivity index (χ0n) is 10.5. The Labute approximate surface area is 110 Å². The third kappa shape index (κ3) is 3.35. The molecule has 100 valence electrons. The number of rotatable bonds is 6. The van der Waals surface area contributed by atoms with Crippen molar-refractivity contribution in [2.45, 2.75) is 13.2 Å². The standard InChI is InChI=1S/C14H14O5/c1-17-8-10-3-2-4-11(7-10)19-9-13-12(14(15)16)5-6-18-13/h2-7H,8-9H2,1H3,(H,15,16). The minimum absolute atomic E-state index is 0.0745. The van der Waals surface area contributed by atoms with Crippen LogP contribution in [0.5, 0.6) is 5.75 Å². The molecule has 1 heterocycles. The molecule has 0 saturated heterocycles. The smallest absolute Gasteiger partial charge is 0.339 e. The molecule has 2 aromatic rings. The summed E-state index contributed by atoms with van der Waals surface area (Å²) >= 11 is 0. The summed E-state index contributed by atoms with van der Waals surface area (Å²) in [6, 6.07) is 8.81. The normalized spacial score (nSPS) is 10.4. The van der Waals surface area contributed by atoms with Crippen molar-refractivity contribution < 1.29 is 23.8 Å². The average molecular weight is 262 g/mol. The molecule has 0 aliphatic carbocycles. The van der Waals surface area contributed by atoms with Gasteiger partial charge in [0.05, 0.1) is 12.9 Å². The zero-order valence-corrected chi connectivity index (χ0v) is 10.5. The number of benzene rings is 1. The highest BCUT2D eigenvalue weighted by Crippen LogP contribution is 2.18. The molecule has 5 nitrogen and oxygen atoms in total. The van der Waals surface area contributed by atoms with Crippen LogP contribution in [0, 0.1) is 0 Å². The van der Waals surface area contributed by atoms with Gasteiger partial charge in [0.2, 0.25) is 0 Å². The number of carbonyl (C=O) groups is 1. The molecule has 0 amide bonds. The third-order valence-corrected chi connectivity index (χ3v) is 2.56. The van der Waals surface area contributed by atoms with E-state index in [9.17, 15) is 4.79 Å². The molecule has 0 aliphatic heterocycles. The average Bonchev–Trinajstić information content (AvgIpc) is 2.86. The first-order chi connectivity index (χ1) is 9.20. The Bertz CT molecular complexity index is 558. The Morgan fingerprint density at radius 3 is 2.89 bits per heavy atom. The first-order valence-electron chi connectivity index (χ1n) is 5.71. The first kappa shape index (κ1) is 13.2. The van der Waals surface area contributed by atoms with Crippen LogP contribution in [0.3, 0.4) is 0 Å². The van der Waals surface area contributed by atoms with Crippen molar-refractivity contribution >= 4 is 5.97 Å². The molecule has 0 bridgehead atoms. The number of methoxy groups -OCH3 is 1. The fourth-order valence-corrected chi connectivity index (χ4v) is 1.68. The van der Waals surface area contributed by atoms with Crippen LogP contribution in [-0.2, 0) is 18.0 Å². The lowest BCUT2D eigenvalue weighted by molar-refractivity contribution is 0.0692. The number of aromatic carboxylic acids is 1. The second-order valence-electron chi connectivity index (χ2n) is 3.93. The van der Waals surface area contributed by atoms with Gasteiger partial charge in [-0.05, 0) is 23.8 Å². The quantitative estimate of drug-likeness (QED) is 0.866. The van der Waals surface area contributed by atoms with Crippen LogP contribution >= 0.6 is 0 Å². The molecule has 0 spiro atoms. The fourth-order valence-electron chi connectivity index (χ4n) is 1.68. The largest absolute Gasteiger partial charge is 0.486 e. The van der Waals surface area contributed by atoms with Gasteiger partial charge in [0.25, 0.3) is 0 Å². The van der Waals surface area contributed by atoms with Crippen LogP contribution in [0.15, 0.2) is 41.0 Å². The van der Waals surface area contributed by atoms with Crippen LogP contribution in [0.4, 0.5) is 0 Å². The van der Waals surface area contributed by atoms with E-state index in [0.29, 0.717) is 18.1 Å². The molecule has 1 N–H and O–H groups in total. The molecule has 0 saturated carbocycles. The number of hydrogen-bond donors (Lipinski definition) is 1. The topological polar surface area (TPSA) is 68.9 Å². The van der Waals surface area contributed by atoms with Crippen molar-refractivity contribution in [3.63, 3.8) is 0 Å².